The fourth-order valence-electron chi connectivity index (χ4n) is 1.90. The van der Waals surface area contributed by atoms with E-state index in [2.05, 4.69) is 10.3 Å². The van der Waals surface area contributed by atoms with Crippen molar-refractivity contribution in [1.82, 2.24) is 9.88 Å². The number of hydrogen-bond donors (Lipinski definition) is 1. The zero-order chi connectivity index (χ0) is 12.1. The number of pyridine rings is 1. The molecule has 1 N–H and O–H groups in total. The molecule has 0 unspecified atom stereocenters. The second-order valence-electron chi connectivity index (χ2n) is 4.16. The van der Waals surface area contributed by atoms with Crippen LogP contribution in [0.4, 0.5) is 5.82 Å². The molecule has 1 fully saturated rings. The summed E-state index contributed by atoms with van der Waals surface area (Å²) in [4.78, 5) is 17.8. The Bertz CT molecular complexity index is 374. The Balaban J connectivity index is 1.81. The summed E-state index contributed by atoms with van der Waals surface area (Å²) >= 11 is 5.73. The highest BCUT2D eigenvalue weighted by atomic mass is 35.5. The molecule has 0 saturated carbocycles. The molecule has 0 radical (unpaired) electrons. The van der Waals surface area contributed by atoms with Crippen LogP contribution in [0.5, 0.6) is 0 Å². The topological polar surface area (TPSA) is 45.2 Å². The maximum absolute atomic E-state index is 11.8. The summed E-state index contributed by atoms with van der Waals surface area (Å²) in [7, 11) is 0. The molecule has 2 rings (SSSR count). The van der Waals surface area contributed by atoms with Gasteiger partial charge in [0.2, 0.25) is 5.91 Å². The molecule has 1 amide bonds. The van der Waals surface area contributed by atoms with Crippen molar-refractivity contribution in [2.24, 2.45) is 0 Å². The Labute approximate surface area is 106 Å². The third kappa shape index (κ3) is 3.60. The highest BCUT2D eigenvalue weighted by Gasteiger charge is 2.15. The summed E-state index contributed by atoms with van der Waals surface area (Å²) in [5.41, 5.74) is 0. The number of carbonyl (C=O) groups is 1. The van der Waals surface area contributed by atoms with Gasteiger partial charge in [0.1, 0.15) is 5.82 Å². The van der Waals surface area contributed by atoms with Gasteiger partial charge in [0.15, 0.2) is 0 Å². The first-order chi connectivity index (χ1) is 8.25. The second kappa shape index (κ2) is 5.87. The molecule has 92 valence electrons. The van der Waals surface area contributed by atoms with Crippen LogP contribution in [0.15, 0.2) is 18.3 Å². The van der Waals surface area contributed by atoms with E-state index in [1.807, 2.05) is 4.90 Å². The molecule has 4 nitrogen and oxygen atoms in total. The number of amides is 1. The smallest absolute Gasteiger partial charge is 0.241 e. The van der Waals surface area contributed by atoms with E-state index in [1.165, 1.54) is 6.42 Å². The van der Waals surface area contributed by atoms with Crippen LogP contribution in [0.25, 0.3) is 0 Å². The lowest BCUT2D eigenvalue weighted by Gasteiger charge is -2.26. The third-order valence-electron chi connectivity index (χ3n) is 2.86. The van der Waals surface area contributed by atoms with Crippen molar-refractivity contribution >= 4 is 23.3 Å². The van der Waals surface area contributed by atoms with Crippen LogP contribution >= 0.6 is 11.6 Å². The van der Waals surface area contributed by atoms with Crippen LogP contribution < -0.4 is 5.32 Å². The first-order valence-corrected chi connectivity index (χ1v) is 6.27. The molecule has 1 aliphatic heterocycles. The van der Waals surface area contributed by atoms with E-state index in [1.54, 1.807) is 18.3 Å². The maximum Gasteiger partial charge on any atom is 0.241 e. The van der Waals surface area contributed by atoms with Crippen molar-refractivity contribution in [1.29, 1.82) is 0 Å². The van der Waals surface area contributed by atoms with E-state index in [0.717, 1.165) is 25.9 Å². The number of aromatic nitrogens is 1. The molecule has 2 heterocycles. The lowest BCUT2D eigenvalue weighted by Crippen LogP contribution is -2.39. The van der Waals surface area contributed by atoms with Crippen molar-refractivity contribution in [3.05, 3.63) is 23.4 Å². The SMILES string of the molecule is O=C(CNc1ccc(Cl)cn1)N1CCCCC1. The Morgan fingerprint density at radius 2 is 2.12 bits per heavy atom. The van der Waals surface area contributed by atoms with Gasteiger partial charge in [0, 0.05) is 19.3 Å². The molecule has 0 atom stereocenters. The Morgan fingerprint density at radius 1 is 1.35 bits per heavy atom. The Morgan fingerprint density at radius 3 is 2.76 bits per heavy atom. The van der Waals surface area contributed by atoms with Crippen LogP contribution in [0.2, 0.25) is 5.02 Å². The normalized spacial score (nSPS) is 15.7. The summed E-state index contributed by atoms with van der Waals surface area (Å²) in [6.07, 6.45) is 5.03. The number of carbonyl (C=O) groups excluding carboxylic acids is 1. The molecule has 1 aliphatic rings. The van der Waals surface area contributed by atoms with E-state index in [0.29, 0.717) is 17.4 Å². The zero-order valence-electron chi connectivity index (χ0n) is 9.66. The highest BCUT2D eigenvalue weighted by Crippen LogP contribution is 2.11. The summed E-state index contributed by atoms with van der Waals surface area (Å²) < 4.78 is 0. The predicted molar refractivity (Wildman–Crippen MR) is 68.2 cm³/mol. The number of piperidine rings is 1. The summed E-state index contributed by atoms with van der Waals surface area (Å²) in [5.74, 6) is 0.821. The number of nitrogens with zero attached hydrogens (tertiary/aromatic N) is 2. The van der Waals surface area contributed by atoms with Crippen LogP contribution in [0.1, 0.15) is 19.3 Å². The lowest BCUT2D eigenvalue weighted by atomic mass is 10.1. The van der Waals surface area contributed by atoms with Crippen LogP contribution in [0.3, 0.4) is 0 Å². The van der Waals surface area contributed by atoms with E-state index in [-0.39, 0.29) is 5.91 Å². The molecule has 0 bridgehead atoms. The fraction of sp³-hybridized carbons (Fsp3) is 0.500. The van der Waals surface area contributed by atoms with Gasteiger partial charge in [-0.25, -0.2) is 4.98 Å². The van der Waals surface area contributed by atoms with E-state index < -0.39 is 0 Å². The number of rotatable bonds is 3. The van der Waals surface area contributed by atoms with Gasteiger partial charge < -0.3 is 10.2 Å². The Hall–Kier alpha value is -1.29. The van der Waals surface area contributed by atoms with E-state index in [4.69, 9.17) is 11.6 Å². The standard InChI is InChI=1S/C12H16ClN3O/c13-10-4-5-11(14-8-10)15-9-12(17)16-6-2-1-3-7-16/h4-5,8H,1-3,6-7,9H2,(H,14,15). The highest BCUT2D eigenvalue weighted by molar-refractivity contribution is 6.30. The largest absolute Gasteiger partial charge is 0.361 e. The van der Waals surface area contributed by atoms with Crippen molar-refractivity contribution in [3.63, 3.8) is 0 Å². The van der Waals surface area contributed by atoms with Crippen LogP contribution in [-0.4, -0.2) is 35.4 Å². The molecule has 0 aliphatic carbocycles. The van der Waals surface area contributed by atoms with E-state index >= 15 is 0 Å². The van der Waals surface area contributed by atoms with Gasteiger partial charge in [0.25, 0.3) is 0 Å². The number of anilines is 1. The van der Waals surface area contributed by atoms with Gasteiger partial charge in [-0.1, -0.05) is 11.6 Å². The predicted octanol–water partition coefficient (Wildman–Crippen LogP) is 2.16. The Kier molecular flexibility index (Phi) is 4.20. The molecule has 1 saturated heterocycles. The molecule has 1 aromatic heterocycles. The number of halogens is 1. The summed E-state index contributed by atoms with van der Waals surface area (Å²) in [6.45, 7) is 2.07. The monoisotopic (exact) mass is 253 g/mol. The fourth-order valence-corrected chi connectivity index (χ4v) is 2.01. The molecular weight excluding hydrogens is 238 g/mol. The van der Waals surface area contributed by atoms with Crippen molar-refractivity contribution < 1.29 is 4.79 Å². The van der Waals surface area contributed by atoms with Gasteiger partial charge in [0.05, 0.1) is 11.6 Å². The van der Waals surface area contributed by atoms with Crippen molar-refractivity contribution in [3.8, 4) is 0 Å². The molecule has 5 heteroatoms. The minimum atomic E-state index is 0.140. The summed E-state index contributed by atoms with van der Waals surface area (Å²) in [5, 5.41) is 3.60. The van der Waals surface area contributed by atoms with Gasteiger partial charge in [-0.05, 0) is 31.4 Å². The molecular formula is C12H16ClN3O. The van der Waals surface area contributed by atoms with Gasteiger partial charge in [-0.3, -0.25) is 4.79 Å². The van der Waals surface area contributed by atoms with Gasteiger partial charge >= 0.3 is 0 Å². The first-order valence-electron chi connectivity index (χ1n) is 5.89. The minimum absolute atomic E-state index is 0.140. The molecule has 0 aromatic carbocycles. The number of likely N-dealkylation sites (tertiary alicyclic amines) is 1. The van der Waals surface area contributed by atoms with Crippen LogP contribution in [0, 0.1) is 0 Å². The summed E-state index contributed by atoms with van der Waals surface area (Å²) in [6, 6.07) is 3.52. The quantitative estimate of drug-likeness (QED) is 0.898. The van der Waals surface area contributed by atoms with Crippen molar-refractivity contribution in [2.75, 3.05) is 25.0 Å². The second-order valence-corrected chi connectivity index (χ2v) is 4.59. The molecule has 1 aromatic rings. The average molecular weight is 254 g/mol. The molecule has 0 spiro atoms. The van der Waals surface area contributed by atoms with Crippen LogP contribution in [-0.2, 0) is 4.79 Å². The zero-order valence-corrected chi connectivity index (χ0v) is 10.4. The number of nitrogens with one attached hydrogen (secondary N) is 1. The lowest BCUT2D eigenvalue weighted by molar-refractivity contribution is -0.130. The van der Waals surface area contributed by atoms with Gasteiger partial charge in [-0.2, -0.15) is 0 Å². The number of hydrogen-bond acceptors (Lipinski definition) is 3. The third-order valence-corrected chi connectivity index (χ3v) is 3.08. The molecule has 17 heavy (non-hydrogen) atoms. The minimum Gasteiger partial charge on any atom is -0.361 e. The maximum atomic E-state index is 11.8. The van der Waals surface area contributed by atoms with E-state index in [9.17, 15) is 4.79 Å². The van der Waals surface area contributed by atoms with Crippen molar-refractivity contribution in [2.45, 2.75) is 19.3 Å². The van der Waals surface area contributed by atoms with Gasteiger partial charge in [-0.15, -0.1) is 0 Å². The first kappa shape index (κ1) is 12.2. The average Bonchev–Trinajstić information content (AvgIpc) is 2.39.